The van der Waals surface area contributed by atoms with E-state index in [4.69, 9.17) is 10.5 Å². The second kappa shape index (κ2) is 8.70. The molecule has 0 saturated heterocycles. The molecule has 3 aromatic carbocycles. The quantitative estimate of drug-likeness (QED) is 0.413. The van der Waals surface area contributed by atoms with Crippen molar-refractivity contribution in [1.82, 2.24) is 10.3 Å². The Labute approximate surface area is 189 Å². The summed E-state index contributed by atoms with van der Waals surface area (Å²) in [7, 11) is 0. The van der Waals surface area contributed by atoms with Crippen molar-refractivity contribution in [3.05, 3.63) is 88.9 Å². The first kappa shape index (κ1) is 20.6. The van der Waals surface area contributed by atoms with E-state index in [0.29, 0.717) is 5.01 Å². The van der Waals surface area contributed by atoms with Crippen molar-refractivity contribution in [1.29, 1.82) is 0 Å². The third kappa shape index (κ3) is 3.86. The molecular formula is C25H23N3O3S. The van der Waals surface area contributed by atoms with Crippen LogP contribution < -0.4 is 11.1 Å². The van der Waals surface area contributed by atoms with Gasteiger partial charge >= 0.3 is 6.09 Å². The standard InChI is InChI=1S/C25H23N3O3S/c26-20(23(29)24-28-21-11-5-6-12-22(21)32-24)13-27-25(30)31-14-19-17-9-3-1-7-15(17)16-8-2-4-10-18(16)19/h1-12,19-20,23,29H,13-14,26H2,(H,27,30)/t20-,23?/m0/s1. The molecule has 1 aliphatic rings. The number of ether oxygens (including phenoxy) is 1. The zero-order valence-corrected chi connectivity index (χ0v) is 18.1. The molecule has 0 radical (unpaired) electrons. The number of aliphatic hydroxyl groups is 1. The Morgan fingerprint density at radius 2 is 1.66 bits per heavy atom. The molecule has 1 aromatic heterocycles. The van der Waals surface area contributed by atoms with E-state index in [9.17, 15) is 9.90 Å². The number of nitrogens with two attached hydrogens (primary N) is 1. The number of fused-ring (bicyclic) bond motifs is 4. The molecule has 2 atom stereocenters. The minimum Gasteiger partial charge on any atom is -0.449 e. The van der Waals surface area contributed by atoms with E-state index in [1.165, 1.54) is 22.5 Å². The van der Waals surface area contributed by atoms with Gasteiger partial charge in [0.25, 0.3) is 0 Å². The number of amides is 1. The van der Waals surface area contributed by atoms with E-state index in [0.717, 1.165) is 21.3 Å². The zero-order valence-electron chi connectivity index (χ0n) is 17.3. The normalized spacial score (nSPS) is 14.6. The highest BCUT2D eigenvalue weighted by Gasteiger charge is 2.29. The molecule has 0 saturated carbocycles. The Balaban J connectivity index is 1.18. The van der Waals surface area contributed by atoms with Gasteiger partial charge in [0.2, 0.25) is 0 Å². The van der Waals surface area contributed by atoms with E-state index in [2.05, 4.69) is 34.6 Å². The molecule has 4 aromatic rings. The number of hydrogen-bond acceptors (Lipinski definition) is 6. The van der Waals surface area contributed by atoms with Crippen molar-refractivity contribution < 1.29 is 14.6 Å². The summed E-state index contributed by atoms with van der Waals surface area (Å²) in [6, 6.07) is 23.3. The zero-order chi connectivity index (χ0) is 22.1. The Morgan fingerprint density at radius 1 is 1.03 bits per heavy atom. The van der Waals surface area contributed by atoms with Crippen molar-refractivity contribution in [3.63, 3.8) is 0 Å². The van der Waals surface area contributed by atoms with Gasteiger partial charge in [0.05, 0.1) is 16.3 Å². The maximum atomic E-state index is 12.3. The highest BCUT2D eigenvalue weighted by molar-refractivity contribution is 7.18. The second-order valence-electron chi connectivity index (χ2n) is 7.83. The fourth-order valence-corrected chi connectivity index (χ4v) is 5.19. The number of hydrogen-bond donors (Lipinski definition) is 3. The van der Waals surface area contributed by atoms with Crippen LogP contribution in [0.4, 0.5) is 4.79 Å². The van der Waals surface area contributed by atoms with Gasteiger partial charge in [-0.2, -0.15) is 0 Å². The lowest BCUT2D eigenvalue weighted by molar-refractivity contribution is 0.128. The van der Waals surface area contributed by atoms with E-state index in [1.54, 1.807) is 0 Å². The molecule has 6 nitrogen and oxygen atoms in total. The van der Waals surface area contributed by atoms with Crippen LogP contribution in [-0.2, 0) is 4.74 Å². The highest BCUT2D eigenvalue weighted by atomic mass is 32.1. The molecule has 0 bridgehead atoms. The van der Waals surface area contributed by atoms with E-state index in [1.807, 2.05) is 48.5 Å². The Morgan fingerprint density at radius 3 is 2.34 bits per heavy atom. The monoisotopic (exact) mass is 445 g/mol. The van der Waals surface area contributed by atoms with Gasteiger partial charge in [-0.1, -0.05) is 60.7 Å². The van der Waals surface area contributed by atoms with Crippen LogP contribution in [0.1, 0.15) is 28.2 Å². The van der Waals surface area contributed by atoms with Gasteiger partial charge in [0.1, 0.15) is 17.7 Å². The molecular weight excluding hydrogens is 422 g/mol. The minimum atomic E-state index is -0.971. The molecule has 0 fully saturated rings. The molecule has 162 valence electrons. The summed E-state index contributed by atoms with van der Waals surface area (Å²) < 4.78 is 6.51. The van der Waals surface area contributed by atoms with Crippen LogP contribution in [0.2, 0.25) is 0 Å². The van der Waals surface area contributed by atoms with Crippen LogP contribution in [0.3, 0.4) is 0 Å². The molecule has 5 rings (SSSR count). The largest absolute Gasteiger partial charge is 0.449 e. The number of thiazole rings is 1. The first-order chi connectivity index (χ1) is 15.6. The lowest BCUT2D eigenvalue weighted by atomic mass is 9.98. The maximum Gasteiger partial charge on any atom is 0.407 e. The van der Waals surface area contributed by atoms with Crippen LogP contribution in [-0.4, -0.2) is 35.4 Å². The molecule has 32 heavy (non-hydrogen) atoms. The first-order valence-corrected chi connectivity index (χ1v) is 11.3. The highest BCUT2D eigenvalue weighted by Crippen LogP contribution is 2.44. The van der Waals surface area contributed by atoms with Crippen molar-refractivity contribution in [2.24, 2.45) is 5.73 Å². The Bertz CT molecular complexity index is 1190. The number of aromatic nitrogens is 1. The predicted octanol–water partition coefficient (Wildman–Crippen LogP) is 4.20. The van der Waals surface area contributed by atoms with Gasteiger partial charge in [0.15, 0.2) is 0 Å². The van der Waals surface area contributed by atoms with Gasteiger partial charge in [-0.15, -0.1) is 11.3 Å². The summed E-state index contributed by atoms with van der Waals surface area (Å²) in [4.78, 5) is 16.8. The number of carbonyl (C=O) groups is 1. The summed E-state index contributed by atoms with van der Waals surface area (Å²) in [5, 5.41) is 13.8. The molecule has 7 heteroatoms. The smallest absolute Gasteiger partial charge is 0.407 e. The van der Waals surface area contributed by atoms with Crippen LogP contribution in [0.15, 0.2) is 72.8 Å². The van der Waals surface area contributed by atoms with Gasteiger partial charge in [0, 0.05) is 12.5 Å². The summed E-state index contributed by atoms with van der Waals surface area (Å²) in [5.41, 5.74) is 11.6. The van der Waals surface area contributed by atoms with Gasteiger partial charge in [-0.05, 0) is 34.4 Å². The van der Waals surface area contributed by atoms with E-state index < -0.39 is 18.2 Å². The van der Waals surface area contributed by atoms with Crippen LogP contribution in [0.5, 0.6) is 0 Å². The van der Waals surface area contributed by atoms with E-state index in [-0.39, 0.29) is 19.1 Å². The predicted molar refractivity (Wildman–Crippen MR) is 126 cm³/mol. The molecule has 1 heterocycles. The Hall–Kier alpha value is -3.26. The molecule has 1 aliphatic carbocycles. The summed E-state index contributed by atoms with van der Waals surface area (Å²) in [6.07, 6.45) is -1.53. The van der Waals surface area contributed by atoms with Gasteiger partial charge in [-0.25, -0.2) is 9.78 Å². The number of aliphatic hydroxyl groups excluding tert-OH is 1. The SMILES string of the molecule is N[C@@H](CNC(=O)OCC1c2ccccc2-c2ccccc21)C(O)c1nc2ccccc2s1. The van der Waals surface area contributed by atoms with Crippen molar-refractivity contribution in [3.8, 4) is 11.1 Å². The Kier molecular flexibility index (Phi) is 5.61. The number of nitrogens with zero attached hydrogens (tertiary/aromatic N) is 1. The first-order valence-electron chi connectivity index (χ1n) is 10.5. The summed E-state index contributed by atoms with van der Waals surface area (Å²) in [6.45, 7) is 0.309. The molecule has 0 aliphatic heterocycles. The third-order valence-electron chi connectivity index (χ3n) is 5.79. The lowest BCUT2D eigenvalue weighted by Crippen LogP contribution is -2.41. The topological polar surface area (TPSA) is 97.5 Å². The lowest BCUT2D eigenvalue weighted by Gasteiger charge is -2.18. The number of carbonyl (C=O) groups excluding carboxylic acids is 1. The number of rotatable bonds is 6. The van der Waals surface area contributed by atoms with Crippen LogP contribution >= 0.6 is 11.3 Å². The minimum absolute atomic E-state index is 0.00448. The number of alkyl carbamates (subject to hydrolysis) is 1. The maximum absolute atomic E-state index is 12.3. The fraction of sp³-hybridized carbons (Fsp3) is 0.200. The number of nitrogens with one attached hydrogen (secondary N) is 1. The van der Waals surface area contributed by atoms with Crippen molar-refractivity contribution in [2.75, 3.05) is 13.2 Å². The molecule has 1 amide bonds. The van der Waals surface area contributed by atoms with Crippen LogP contribution in [0, 0.1) is 0 Å². The molecule has 4 N–H and O–H groups in total. The fourth-order valence-electron chi connectivity index (χ4n) is 4.16. The number of benzene rings is 3. The third-order valence-corrected chi connectivity index (χ3v) is 6.90. The van der Waals surface area contributed by atoms with Crippen molar-refractivity contribution >= 4 is 27.6 Å². The van der Waals surface area contributed by atoms with Gasteiger partial charge in [-0.3, -0.25) is 0 Å². The average Bonchev–Trinajstić information content (AvgIpc) is 3.40. The van der Waals surface area contributed by atoms with Crippen molar-refractivity contribution in [2.45, 2.75) is 18.1 Å². The van der Waals surface area contributed by atoms with Gasteiger partial charge < -0.3 is 20.9 Å². The molecule has 1 unspecified atom stereocenters. The van der Waals surface area contributed by atoms with Crippen LogP contribution in [0.25, 0.3) is 21.3 Å². The second-order valence-corrected chi connectivity index (χ2v) is 8.90. The molecule has 0 spiro atoms. The summed E-state index contributed by atoms with van der Waals surface area (Å²) in [5.74, 6) is -0.00448. The average molecular weight is 446 g/mol. The van der Waals surface area contributed by atoms with E-state index >= 15 is 0 Å². The summed E-state index contributed by atoms with van der Waals surface area (Å²) >= 11 is 1.40. The number of para-hydroxylation sites is 1.